The molecule has 0 bridgehead atoms. The summed E-state index contributed by atoms with van der Waals surface area (Å²) >= 11 is 0. The van der Waals surface area contributed by atoms with Crippen molar-refractivity contribution in [1.82, 2.24) is 9.97 Å². The summed E-state index contributed by atoms with van der Waals surface area (Å²) in [4.78, 5) is 8.61. The van der Waals surface area contributed by atoms with Gasteiger partial charge in [-0.25, -0.2) is 4.98 Å². The van der Waals surface area contributed by atoms with Crippen LogP contribution in [0.2, 0.25) is 0 Å². The molecular weight excluding hydrogens is 288 g/mol. The zero-order valence-electron chi connectivity index (χ0n) is 13.5. The number of rotatable bonds is 8. The van der Waals surface area contributed by atoms with Crippen LogP contribution in [-0.2, 0) is 13.0 Å². The average molecular weight is 310 g/mol. The van der Waals surface area contributed by atoms with Gasteiger partial charge in [0.2, 0.25) is 5.71 Å². The fourth-order valence-corrected chi connectivity index (χ4v) is 2.51. The lowest BCUT2D eigenvalue weighted by molar-refractivity contribution is 0.280. The second-order valence-electron chi connectivity index (χ2n) is 5.71. The maximum Gasteiger partial charge on any atom is 0.320 e. The van der Waals surface area contributed by atoms with Gasteiger partial charge in [0, 0.05) is 12.6 Å². The summed E-state index contributed by atoms with van der Waals surface area (Å²) < 4.78 is 11.5. The highest BCUT2D eigenvalue weighted by molar-refractivity contribution is 5.73. The monoisotopic (exact) mass is 310 g/mol. The van der Waals surface area contributed by atoms with Gasteiger partial charge < -0.3 is 9.15 Å². The van der Waals surface area contributed by atoms with Crippen molar-refractivity contribution in [2.75, 3.05) is 0 Å². The van der Waals surface area contributed by atoms with E-state index in [1.165, 1.54) is 19.3 Å². The molecule has 2 heterocycles. The van der Waals surface area contributed by atoms with Gasteiger partial charge >= 0.3 is 6.01 Å². The van der Waals surface area contributed by atoms with E-state index in [-0.39, 0.29) is 0 Å². The zero-order valence-corrected chi connectivity index (χ0v) is 13.5. The van der Waals surface area contributed by atoms with Crippen LogP contribution >= 0.6 is 0 Å². The predicted molar refractivity (Wildman–Crippen MR) is 90.4 cm³/mol. The van der Waals surface area contributed by atoms with E-state index >= 15 is 0 Å². The lowest BCUT2D eigenvalue weighted by atomic mass is 10.1. The molecule has 2 aromatic heterocycles. The van der Waals surface area contributed by atoms with Crippen molar-refractivity contribution in [2.45, 2.75) is 45.6 Å². The van der Waals surface area contributed by atoms with Gasteiger partial charge in [-0.05, 0) is 18.1 Å². The number of aryl methyl sites for hydroxylation is 1. The molecule has 120 valence electrons. The normalized spacial score (nSPS) is 11.0. The van der Waals surface area contributed by atoms with Crippen molar-refractivity contribution >= 4 is 11.1 Å². The summed E-state index contributed by atoms with van der Waals surface area (Å²) in [6, 6.07) is 12.4. The number of fused-ring (bicyclic) bond motifs is 1. The lowest BCUT2D eigenvalue weighted by Gasteiger charge is -2.03. The Bertz CT molecular complexity index is 737. The number of unbranched alkanes of at least 4 members (excludes halogenated alkanes) is 3. The molecular formula is C19H22N2O2. The van der Waals surface area contributed by atoms with Crippen LogP contribution in [0.3, 0.4) is 0 Å². The van der Waals surface area contributed by atoms with Gasteiger partial charge in [-0.1, -0.05) is 56.5 Å². The van der Waals surface area contributed by atoms with Gasteiger partial charge in [0.15, 0.2) is 0 Å². The van der Waals surface area contributed by atoms with Gasteiger partial charge in [-0.3, -0.25) is 0 Å². The second-order valence-corrected chi connectivity index (χ2v) is 5.71. The summed E-state index contributed by atoms with van der Waals surface area (Å²) in [6.45, 7) is 2.67. The fourth-order valence-electron chi connectivity index (χ4n) is 2.51. The minimum absolute atomic E-state index is 0.355. The van der Waals surface area contributed by atoms with E-state index in [2.05, 4.69) is 16.9 Å². The predicted octanol–water partition coefficient (Wildman–Crippen LogP) is 4.92. The first-order valence-electron chi connectivity index (χ1n) is 8.27. The van der Waals surface area contributed by atoms with Crippen LogP contribution in [0.25, 0.3) is 11.1 Å². The number of hydrogen-bond acceptors (Lipinski definition) is 4. The van der Waals surface area contributed by atoms with Gasteiger partial charge in [0.25, 0.3) is 0 Å². The third-order valence-corrected chi connectivity index (χ3v) is 3.79. The van der Waals surface area contributed by atoms with E-state index in [0.29, 0.717) is 18.3 Å². The molecule has 23 heavy (non-hydrogen) atoms. The Morgan fingerprint density at radius 3 is 2.78 bits per heavy atom. The van der Waals surface area contributed by atoms with E-state index in [0.717, 1.165) is 29.6 Å². The molecule has 3 aromatic rings. The smallest absolute Gasteiger partial charge is 0.320 e. The van der Waals surface area contributed by atoms with Crippen LogP contribution in [0.5, 0.6) is 6.01 Å². The summed E-state index contributed by atoms with van der Waals surface area (Å²) in [5.74, 6) is 0.977. The molecule has 0 aliphatic rings. The largest absolute Gasteiger partial charge is 0.459 e. The molecule has 0 saturated heterocycles. The van der Waals surface area contributed by atoms with E-state index in [1.54, 1.807) is 6.20 Å². The minimum atomic E-state index is 0.355. The van der Waals surface area contributed by atoms with Gasteiger partial charge in [0.1, 0.15) is 12.4 Å². The third kappa shape index (κ3) is 4.31. The Kier molecular flexibility index (Phi) is 5.25. The van der Waals surface area contributed by atoms with Crippen LogP contribution in [0.1, 0.15) is 43.9 Å². The lowest BCUT2D eigenvalue weighted by Crippen LogP contribution is -1.98. The van der Waals surface area contributed by atoms with Crippen molar-refractivity contribution in [2.24, 2.45) is 0 Å². The highest BCUT2D eigenvalue weighted by atomic mass is 16.5. The van der Waals surface area contributed by atoms with E-state index < -0.39 is 0 Å². The Balaban J connectivity index is 1.62. The van der Waals surface area contributed by atoms with E-state index in [4.69, 9.17) is 9.15 Å². The maximum atomic E-state index is 5.81. The molecule has 0 atom stereocenters. The Morgan fingerprint density at radius 1 is 1.09 bits per heavy atom. The first-order valence-corrected chi connectivity index (χ1v) is 8.27. The maximum absolute atomic E-state index is 5.81. The van der Waals surface area contributed by atoms with Crippen molar-refractivity contribution in [3.05, 3.63) is 53.9 Å². The molecule has 0 aliphatic carbocycles. The molecule has 3 rings (SSSR count). The van der Waals surface area contributed by atoms with Crippen LogP contribution in [0.15, 0.2) is 47.0 Å². The number of aromatic nitrogens is 2. The Hall–Kier alpha value is -2.36. The average Bonchev–Trinajstić information content (AvgIpc) is 3.00. The molecule has 0 aliphatic heterocycles. The first-order chi connectivity index (χ1) is 11.3. The van der Waals surface area contributed by atoms with Gasteiger partial charge in [-0.2, -0.15) is 4.98 Å². The number of nitrogens with zero attached hydrogens (tertiary/aromatic N) is 2. The molecule has 0 N–H and O–H groups in total. The quantitative estimate of drug-likeness (QED) is 0.554. The molecule has 4 nitrogen and oxygen atoms in total. The minimum Gasteiger partial charge on any atom is -0.459 e. The highest BCUT2D eigenvalue weighted by Crippen LogP contribution is 2.20. The van der Waals surface area contributed by atoms with Gasteiger partial charge in [-0.15, -0.1) is 0 Å². The van der Waals surface area contributed by atoms with E-state index in [1.807, 2.05) is 36.4 Å². The van der Waals surface area contributed by atoms with Crippen molar-refractivity contribution in [1.29, 1.82) is 0 Å². The topological polar surface area (TPSA) is 48.2 Å². The Morgan fingerprint density at radius 2 is 1.96 bits per heavy atom. The molecule has 0 saturated carbocycles. The van der Waals surface area contributed by atoms with Gasteiger partial charge in [0.05, 0.1) is 5.39 Å². The molecule has 1 aromatic carbocycles. The molecule has 0 spiro atoms. The molecule has 0 fully saturated rings. The summed E-state index contributed by atoms with van der Waals surface area (Å²) in [5, 5.41) is 0.933. The van der Waals surface area contributed by atoms with Crippen LogP contribution in [0, 0.1) is 0 Å². The number of benzene rings is 1. The molecule has 4 heteroatoms. The second kappa shape index (κ2) is 7.77. The standard InChI is InChI=1S/C19H22N2O2/c1-2-3-4-8-11-17-12-16-13-20-19(21-18(16)23-17)22-14-15-9-6-5-7-10-15/h5-7,9-10,12-13H,2-4,8,11,14H2,1H3. The van der Waals surface area contributed by atoms with Crippen LogP contribution in [0.4, 0.5) is 0 Å². The van der Waals surface area contributed by atoms with Crippen molar-refractivity contribution < 1.29 is 9.15 Å². The Labute approximate surface area is 136 Å². The third-order valence-electron chi connectivity index (χ3n) is 3.79. The summed E-state index contributed by atoms with van der Waals surface area (Å²) in [5.41, 5.74) is 1.70. The molecule has 0 amide bonds. The number of furan rings is 1. The summed E-state index contributed by atoms with van der Waals surface area (Å²) in [6.07, 6.45) is 7.63. The van der Waals surface area contributed by atoms with Crippen LogP contribution in [-0.4, -0.2) is 9.97 Å². The van der Waals surface area contributed by atoms with E-state index in [9.17, 15) is 0 Å². The number of ether oxygens (including phenoxy) is 1. The summed E-state index contributed by atoms with van der Waals surface area (Å²) in [7, 11) is 0. The number of hydrogen-bond donors (Lipinski definition) is 0. The fraction of sp³-hybridized carbons (Fsp3) is 0.368. The molecule has 0 radical (unpaired) electrons. The molecule has 0 unspecified atom stereocenters. The van der Waals surface area contributed by atoms with Crippen molar-refractivity contribution in [3.8, 4) is 6.01 Å². The zero-order chi connectivity index (χ0) is 15.9. The van der Waals surface area contributed by atoms with Crippen LogP contribution < -0.4 is 4.74 Å². The first kappa shape index (κ1) is 15.5. The van der Waals surface area contributed by atoms with Crippen molar-refractivity contribution in [3.63, 3.8) is 0 Å². The SMILES string of the molecule is CCCCCCc1cc2cnc(OCc3ccccc3)nc2o1. The highest BCUT2D eigenvalue weighted by Gasteiger charge is 2.08.